The van der Waals surface area contributed by atoms with E-state index in [2.05, 4.69) is 10.0 Å². The zero-order valence-electron chi connectivity index (χ0n) is 11.9. The molecule has 0 spiro atoms. The van der Waals surface area contributed by atoms with Crippen molar-refractivity contribution in [2.45, 2.75) is 63.8 Å². The first kappa shape index (κ1) is 15.3. The minimum absolute atomic E-state index is 0.338. The highest BCUT2D eigenvalue weighted by Gasteiger charge is 2.21. The number of hydrogen-bond acceptors (Lipinski definition) is 3. The summed E-state index contributed by atoms with van der Waals surface area (Å²) in [5.74, 6) is 0.726. The third-order valence-corrected chi connectivity index (χ3v) is 5.96. The van der Waals surface area contributed by atoms with Crippen LogP contribution in [0.1, 0.15) is 57.8 Å². The summed E-state index contributed by atoms with van der Waals surface area (Å²) >= 11 is 0. The molecule has 2 fully saturated rings. The lowest BCUT2D eigenvalue weighted by Gasteiger charge is -2.24. The van der Waals surface area contributed by atoms with Crippen molar-refractivity contribution < 1.29 is 8.42 Å². The van der Waals surface area contributed by atoms with E-state index in [-0.39, 0.29) is 0 Å². The Morgan fingerprint density at radius 1 is 1.00 bits per heavy atom. The van der Waals surface area contributed by atoms with Crippen molar-refractivity contribution in [3.05, 3.63) is 0 Å². The van der Waals surface area contributed by atoms with Crippen LogP contribution in [0.3, 0.4) is 0 Å². The number of sulfonamides is 1. The Morgan fingerprint density at radius 2 is 1.74 bits per heavy atom. The summed E-state index contributed by atoms with van der Waals surface area (Å²) < 4.78 is 26.8. The van der Waals surface area contributed by atoms with Gasteiger partial charge in [-0.25, -0.2) is 13.1 Å². The number of nitrogens with one attached hydrogen (secondary N) is 2. The molecule has 1 atom stereocenters. The number of hydrogen-bond donors (Lipinski definition) is 2. The second kappa shape index (κ2) is 7.60. The molecule has 2 aliphatic rings. The van der Waals surface area contributed by atoms with Crippen LogP contribution in [-0.4, -0.2) is 33.3 Å². The first-order chi connectivity index (χ1) is 9.16. The lowest BCUT2D eigenvalue weighted by Crippen LogP contribution is -2.38. The predicted octanol–water partition coefficient (Wildman–Crippen LogP) is 2.02. The third kappa shape index (κ3) is 5.79. The van der Waals surface area contributed by atoms with Gasteiger partial charge in [0.2, 0.25) is 10.0 Å². The first-order valence-electron chi connectivity index (χ1n) is 7.86. The van der Waals surface area contributed by atoms with Crippen LogP contribution in [0, 0.1) is 5.92 Å². The second-order valence-electron chi connectivity index (χ2n) is 6.12. The highest BCUT2D eigenvalue weighted by atomic mass is 32.2. The fourth-order valence-electron chi connectivity index (χ4n) is 3.28. The average molecular weight is 288 g/mol. The van der Waals surface area contributed by atoms with E-state index in [9.17, 15) is 8.42 Å². The third-order valence-electron chi connectivity index (χ3n) is 4.41. The molecule has 0 aromatic rings. The highest BCUT2D eigenvalue weighted by molar-refractivity contribution is 7.89. The second-order valence-corrected chi connectivity index (χ2v) is 7.97. The zero-order chi connectivity index (χ0) is 13.6. The van der Waals surface area contributed by atoms with E-state index in [1.807, 2.05) is 0 Å². The van der Waals surface area contributed by atoms with Gasteiger partial charge in [0.25, 0.3) is 0 Å². The van der Waals surface area contributed by atoms with Crippen molar-refractivity contribution in [1.29, 1.82) is 0 Å². The van der Waals surface area contributed by atoms with E-state index in [0.717, 1.165) is 25.8 Å². The van der Waals surface area contributed by atoms with Gasteiger partial charge in [-0.2, -0.15) is 0 Å². The molecule has 2 rings (SSSR count). The van der Waals surface area contributed by atoms with Crippen molar-refractivity contribution in [3.63, 3.8) is 0 Å². The molecular formula is C14H28N2O2S. The molecule has 0 amide bonds. The Labute approximate surface area is 117 Å². The molecule has 1 saturated carbocycles. The van der Waals surface area contributed by atoms with Crippen molar-refractivity contribution in [2.24, 2.45) is 5.92 Å². The first-order valence-corrected chi connectivity index (χ1v) is 9.52. The molecule has 0 aromatic heterocycles. The van der Waals surface area contributed by atoms with E-state index in [1.165, 1.54) is 38.5 Å². The predicted molar refractivity (Wildman–Crippen MR) is 78.6 cm³/mol. The van der Waals surface area contributed by atoms with Crippen LogP contribution in [0.15, 0.2) is 0 Å². The maximum Gasteiger partial charge on any atom is 0.211 e. The lowest BCUT2D eigenvalue weighted by molar-refractivity contribution is 0.377. The SMILES string of the molecule is O=S(=O)(CC1CCCCC1)NCCC1CCCCN1. The number of rotatable bonds is 6. The molecule has 1 saturated heterocycles. The van der Waals surface area contributed by atoms with Gasteiger partial charge in [0.05, 0.1) is 5.75 Å². The largest absolute Gasteiger partial charge is 0.314 e. The molecule has 5 heteroatoms. The van der Waals surface area contributed by atoms with Crippen molar-refractivity contribution in [3.8, 4) is 0 Å². The van der Waals surface area contributed by atoms with Crippen LogP contribution in [0.5, 0.6) is 0 Å². The van der Waals surface area contributed by atoms with Gasteiger partial charge >= 0.3 is 0 Å². The molecular weight excluding hydrogens is 260 g/mol. The lowest BCUT2D eigenvalue weighted by atomic mass is 9.91. The molecule has 0 radical (unpaired) electrons. The Balaban J connectivity index is 1.65. The summed E-state index contributed by atoms with van der Waals surface area (Å²) in [6.07, 6.45) is 10.5. The Morgan fingerprint density at radius 3 is 2.42 bits per heavy atom. The van der Waals surface area contributed by atoms with Crippen molar-refractivity contribution in [1.82, 2.24) is 10.0 Å². The van der Waals surface area contributed by atoms with Crippen LogP contribution in [0.25, 0.3) is 0 Å². The fraction of sp³-hybridized carbons (Fsp3) is 1.00. The average Bonchev–Trinajstić information content (AvgIpc) is 2.40. The van der Waals surface area contributed by atoms with Gasteiger partial charge in [-0.1, -0.05) is 25.7 Å². The van der Waals surface area contributed by atoms with Gasteiger partial charge in [-0.15, -0.1) is 0 Å². The minimum atomic E-state index is -3.06. The monoisotopic (exact) mass is 288 g/mol. The zero-order valence-corrected chi connectivity index (χ0v) is 12.7. The smallest absolute Gasteiger partial charge is 0.211 e. The molecule has 1 heterocycles. The molecule has 1 aliphatic heterocycles. The van der Waals surface area contributed by atoms with Gasteiger partial charge in [0, 0.05) is 12.6 Å². The summed E-state index contributed by atoms with van der Waals surface area (Å²) in [7, 11) is -3.06. The van der Waals surface area contributed by atoms with Crippen LogP contribution >= 0.6 is 0 Å². The van der Waals surface area contributed by atoms with Gasteiger partial charge in [0.1, 0.15) is 0 Å². The Bertz CT molecular complexity index is 344. The highest BCUT2D eigenvalue weighted by Crippen LogP contribution is 2.24. The van der Waals surface area contributed by atoms with Crippen molar-refractivity contribution >= 4 is 10.0 Å². The molecule has 1 unspecified atom stereocenters. The Hall–Kier alpha value is -0.130. The standard InChI is InChI=1S/C14H28N2O2S/c17-19(18,12-13-6-2-1-3-7-13)16-11-9-14-8-4-5-10-15-14/h13-16H,1-12H2. The van der Waals surface area contributed by atoms with E-state index in [0.29, 0.717) is 24.3 Å². The van der Waals surface area contributed by atoms with Gasteiger partial charge < -0.3 is 5.32 Å². The van der Waals surface area contributed by atoms with Crippen molar-refractivity contribution in [2.75, 3.05) is 18.8 Å². The molecule has 0 bridgehead atoms. The van der Waals surface area contributed by atoms with Crippen LogP contribution < -0.4 is 10.0 Å². The van der Waals surface area contributed by atoms with E-state index in [1.54, 1.807) is 0 Å². The van der Waals surface area contributed by atoms with Gasteiger partial charge in [0.15, 0.2) is 0 Å². The summed E-state index contributed by atoms with van der Waals surface area (Å²) in [4.78, 5) is 0. The fourth-order valence-corrected chi connectivity index (χ4v) is 4.78. The van der Waals surface area contributed by atoms with Crippen LogP contribution in [-0.2, 0) is 10.0 Å². The van der Waals surface area contributed by atoms with Crippen LogP contribution in [0.2, 0.25) is 0 Å². The summed E-state index contributed by atoms with van der Waals surface area (Å²) in [6.45, 7) is 1.67. The summed E-state index contributed by atoms with van der Waals surface area (Å²) in [5, 5.41) is 3.45. The quantitative estimate of drug-likeness (QED) is 0.786. The van der Waals surface area contributed by atoms with Gasteiger partial charge in [-0.3, -0.25) is 0 Å². The molecule has 19 heavy (non-hydrogen) atoms. The van der Waals surface area contributed by atoms with E-state index >= 15 is 0 Å². The van der Waals surface area contributed by atoms with E-state index in [4.69, 9.17) is 0 Å². The van der Waals surface area contributed by atoms with Gasteiger partial charge in [-0.05, 0) is 44.6 Å². The maximum absolute atomic E-state index is 12.0. The molecule has 2 N–H and O–H groups in total. The summed E-state index contributed by atoms with van der Waals surface area (Å²) in [6, 6.07) is 0.506. The maximum atomic E-state index is 12.0. The molecule has 4 nitrogen and oxygen atoms in total. The van der Waals surface area contributed by atoms with Crippen LogP contribution in [0.4, 0.5) is 0 Å². The minimum Gasteiger partial charge on any atom is -0.314 e. The molecule has 1 aliphatic carbocycles. The van der Waals surface area contributed by atoms with E-state index < -0.39 is 10.0 Å². The number of piperidine rings is 1. The normalized spacial score (nSPS) is 26.4. The molecule has 0 aromatic carbocycles. The Kier molecular flexibility index (Phi) is 6.10. The molecule has 112 valence electrons. The topological polar surface area (TPSA) is 58.2 Å². The summed E-state index contributed by atoms with van der Waals surface area (Å²) in [5.41, 5.74) is 0.